The molecule has 0 amide bonds. The fourth-order valence-corrected chi connectivity index (χ4v) is 1.88. The lowest BCUT2D eigenvalue weighted by molar-refractivity contribution is 0.101. The van der Waals surface area contributed by atoms with Crippen molar-refractivity contribution >= 4 is 27.4 Å². The lowest BCUT2D eigenvalue weighted by Gasteiger charge is -2.04. The van der Waals surface area contributed by atoms with E-state index in [2.05, 4.69) is 20.9 Å². The number of methoxy groups -OCH3 is 1. The van der Waals surface area contributed by atoms with Crippen LogP contribution in [0.4, 0.5) is 0 Å². The summed E-state index contributed by atoms with van der Waals surface area (Å²) in [6.45, 7) is 1.52. The quantitative estimate of drug-likeness (QED) is 0.786. The van der Waals surface area contributed by atoms with E-state index in [4.69, 9.17) is 4.74 Å². The predicted octanol–water partition coefficient (Wildman–Crippen LogP) is 2.31. The molecule has 0 N–H and O–H groups in total. The van der Waals surface area contributed by atoms with E-state index in [1.165, 1.54) is 6.92 Å². The molecule has 0 bridgehead atoms. The van der Waals surface area contributed by atoms with Crippen LogP contribution in [0.2, 0.25) is 0 Å². The Kier molecular flexibility index (Phi) is 2.48. The topological polar surface area (TPSA) is 43.6 Å². The number of rotatable bonds is 2. The summed E-state index contributed by atoms with van der Waals surface area (Å²) in [5.74, 6) is 0.683. The van der Waals surface area contributed by atoms with E-state index in [-0.39, 0.29) is 5.78 Å². The van der Waals surface area contributed by atoms with E-state index in [1.54, 1.807) is 30.0 Å². The maximum Gasteiger partial charge on any atom is 0.178 e. The molecular formula is C10H9BrN2O2. The van der Waals surface area contributed by atoms with Crippen LogP contribution in [-0.4, -0.2) is 22.3 Å². The SMILES string of the molecule is COc1cc2ncc(C(C)=O)n2cc1Br. The molecule has 0 aliphatic carbocycles. The molecule has 0 fully saturated rings. The summed E-state index contributed by atoms with van der Waals surface area (Å²) in [6.07, 6.45) is 3.33. The predicted molar refractivity (Wildman–Crippen MR) is 59.4 cm³/mol. The van der Waals surface area contributed by atoms with Crippen molar-refractivity contribution in [2.75, 3.05) is 7.11 Å². The Labute approximate surface area is 95.0 Å². The molecule has 78 valence electrons. The number of hydrogen-bond acceptors (Lipinski definition) is 3. The molecule has 2 aromatic rings. The molecule has 0 atom stereocenters. The highest BCUT2D eigenvalue weighted by Gasteiger charge is 2.10. The molecule has 0 unspecified atom stereocenters. The third kappa shape index (κ3) is 1.63. The highest BCUT2D eigenvalue weighted by Crippen LogP contribution is 2.26. The molecular weight excluding hydrogens is 260 g/mol. The minimum atomic E-state index is -0.0143. The molecule has 0 aromatic carbocycles. The number of pyridine rings is 1. The molecule has 5 heteroatoms. The smallest absolute Gasteiger partial charge is 0.178 e. The number of hydrogen-bond donors (Lipinski definition) is 0. The van der Waals surface area contributed by atoms with E-state index >= 15 is 0 Å². The van der Waals surface area contributed by atoms with Crippen molar-refractivity contribution in [1.29, 1.82) is 0 Å². The van der Waals surface area contributed by atoms with Gasteiger partial charge in [0.05, 0.1) is 17.8 Å². The molecule has 0 saturated carbocycles. The van der Waals surface area contributed by atoms with Crippen molar-refractivity contribution in [3.05, 3.63) is 28.6 Å². The van der Waals surface area contributed by atoms with Gasteiger partial charge in [-0.25, -0.2) is 4.98 Å². The second-order valence-corrected chi connectivity index (χ2v) is 3.97. The van der Waals surface area contributed by atoms with E-state index in [9.17, 15) is 4.79 Å². The van der Waals surface area contributed by atoms with Crippen molar-refractivity contribution in [1.82, 2.24) is 9.38 Å². The maximum atomic E-state index is 11.3. The number of nitrogens with zero attached hydrogens (tertiary/aromatic N) is 2. The van der Waals surface area contributed by atoms with Crippen LogP contribution in [0.1, 0.15) is 17.4 Å². The highest BCUT2D eigenvalue weighted by molar-refractivity contribution is 9.10. The summed E-state index contributed by atoms with van der Waals surface area (Å²) >= 11 is 3.36. The normalized spacial score (nSPS) is 10.6. The number of aromatic nitrogens is 2. The monoisotopic (exact) mass is 268 g/mol. The van der Waals surface area contributed by atoms with Gasteiger partial charge in [-0.1, -0.05) is 0 Å². The van der Waals surface area contributed by atoms with Crippen LogP contribution in [0.15, 0.2) is 22.9 Å². The number of imidazole rings is 1. The van der Waals surface area contributed by atoms with Crippen LogP contribution in [0.5, 0.6) is 5.75 Å². The molecule has 2 heterocycles. The van der Waals surface area contributed by atoms with Gasteiger partial charge in [0.1, 0.15) is 17.1 Å². The average Bonchev–Trinajstić information content (AvgIpc) is 2.59. The molecule has 15 heavy (non-hydrogen) atoms. The number of halogens is 1. The van der Waals surface area contributed by atoms with Crippen LogP contribution < -0.4 is 4.74 Å². The first-order chi connectivity index (χ1) is 7.13. The van der Waals surface area contributed by atoms with Gasteiger partial charge in [0.15, 0.2) is 5.78 Å². The summed E-state index contributed by atoms with van der Waals surface area (Å²) in [5, 5.41) is 0. The summed E-state index contributed by atoms with van der Waals surface area (Å²) in [6, 6.07) is 1.77. The Balaban J connectivity index is 2.73. The van der Waals surface area contributed by atoms with Crippen molar-refractivity contribution < 1.29 is 9.53 Å². The van der Waals surface area contributed by atoms with Crippen LogP contribution in [0, 0.1) is 0 Å². The third-order valence-corrected chi connectivity index (χ3v) is 2.74. The second-order valence-electron chi connectivity index (χ2n) is 3.12. The first kappa shape index (κ1) is 10.2. The number of carbonyl (C=O) groups excluding carboxylic acids is 1. The number of Topliss-reactive ketones (excluding diaryl/α,β-unsaturated/α-hetero) is 1. The van der Waals surface area contributed by atoms with E-state index in [0.29, 0.717) is 17.1 Å². The van der Waals surface area contributed by atoms with Gasteiger partial charge in [-0.15, -0.1) is 0 Å². The second kappa shape index (κ2) is 3.66. The third-order valence-electron chi connectivity index (χ3n) is 2.14. The fraction of sp³-hybridized carbons (Fsp3) is 0.200. The van der Waals surface area contributed by atoms with Crippen molar-refractivity contribution in [3.8, 4) is 5.75 Å². The van der Waals surface area contributed by atoms with E-state index in [1.807, 2.05) is 0 Å². The van der Waals surface area contributed by atoms with Crippen molar-refractivity contribution in [2.24, 2.45) is 0 Å². The van der Waals surface area contributed by atoms with Crippen LogP contribution >= 0.6 is 15.9 Å². The first-order valence-electron chi connectivity index (χ1n) is 4.35. The summed E-state index contributed by atoms with van der Waals surface area (Å²) in [4.78, 5) is 15.4. The molecule has 2 aromatic heterocycles. The lowest BCUT2D eigenvalue weighted by atomic mass is 10.3. The van der Waals surface area contributed by atoms with E-state index in [0.717, 1.165) is 4.47 Å². The largest absolute Gasteiger partial charge is 0.495 e. The molecule has 4 nitrogen and oxygen atoms in total. The zero-order valence-corrected chi connectivity index (χ0v) is 9.91. The first-order valence-corrected chi connectivity index (χ1v) is 5.14. The maximum absolute atomic E-state index is 11.3. The minimum absolute atomic E-state index is 0.0143. The zero-order valence-electron chi connectivity index (χ0n) is 8.32. The number of carbonyl (C=O) groups is 1. The number of fused-ring (bicyclic) bond motifs is 1. The average molecular weight is 269 g/mol. The summed E-state index contributed by atoms with van der Waals surface area (Å²) in [7, 11) is 1.59. The molecule has 0 spiro atoms. The van der Waals surface area contributed by atoms with Gasteiger partial charge in [0, 0.05) is 19.2 Å². The van der Waals surface area contributed by atoms with Gasteiger partial charge in [0.25, 0.3) is 0 Å². The van der Waals surface area contributed by atoms with Crippen molar-refractivity contribution in [3.63, 3.8) is 0 Å². The van der Waals surface area contributed by atoms with Crippen LogP contribution in [0.25, 0.3) is 5.65 Å². The Hall–Kier alpha value is -1.36. The van der Waals surface area contributed by atoms with E-state index < -0.39 is 0 Å². The Bertz CT molecular complexity index is 533. The standard InChI is InChI=1S/C10H9BrN2O2/c1-6(14)8-4-12-10-3-9(15-2)7(11)5-13(8)10/h3-5H,1-2H3. The molecule has 0 radical (unpaired) electrons. The van der Waals surface area contributed by atoms with Crippen LogP contribution in [-0.2, 0) is 0 Å². The molecule has 0 aliphatic heterocycles. The van der Waals surface area contributed by atoms with Crippen molar-refractivity contribution in [2.45, 2.75) is 6.92 Å². The fourth-order valence-electron chi connectivity index (χ4n) is 1.40. The molecule has 0 saturated heterocycles. The Morgan fingerprint density at radius 1 is 1.60 bits per heavy atom. The highest BCUT2D eigenvalue weighted by atomic mass is 79.9. The lowest BCUT2D eigenvalue weighted by Crippen LogP contribution is -1.98. The molecule has 0 aliphatic rings. The Morgan fingerprint density at radius 2 is 2.33 bits per heavy atom. The Morgan fingerprint density at radius 3 is 2.93 bits per heavy atom. The zero-order chi connectivity index (χ0) is 11.0. The van der Waals surface area contributed by atoms with Gasteiger partial charge in [-0.05, 0) is 15.9 Å². The van der Waals surface area contributed by atoms with Gasteiger partial charge in [-0.3, -0.25) is 9.20 Å². The molecule has 2 rings (SSSR count). The minimum Gasteiger partial charge on any atom is -0.495 e. The number of ether oxygens (including phenoxy) is 1. The van der Waals surface area contributed by atoms with Gasteiger partial charge >= 0.3 is 0 Å². The van der Waals surface area contributed by atoms with Crippen LogP contribution in [0.3, 0.4) is 0 Å². The number of ketones is 1. The summed E-state index contributed by atoms with van der Waals surface area (Å²) in [5.41, 5.74) is 1.26. The summed E-state index contributed by atoms with van der Waals surface area (Å²) < 4.78 is 7.66. The van der Waals surface area contributed by atoms with Gasteiger partial charge < -0.3 is 4.74 Å². The van der Waals surface area contributed by atoms with Gasteiger partial charge in [-0.2, -0.15) is 0 Å². The van der Waals surface area contributed by atoms with Gasteiger partial charge in [0.2, 0.25) is 0 Å².